The van der Waals surface area contributed by atoms with Crippen LogP contribution < -0.4 is 0 Å². The van der Waals surface area contributed by atoms with E-state index in [4.69, 9.17) is 37.0 Å². The van der Waals surface area contributed by atoms with Crippen LogP contribution in [-0.2, 0) is 65.4 Å². The molecule has 104 heavy (non-hydrogen) atoms. The number of phosphoric ester groups is 2. The minimum absolute atomic E-state index is 0.106. The van der Waals surface area contributed by atoms with Gasteiger partial charge >= 0.3 is 39.5 Å². The zero-order chi connectivity index (χ0) is 76.5. The van der Waals surface area contributed by atoms with Crippen molar-refractivity contribution in [1.82, 2.24) is 0 Å². The summed E-state index contributed by atoms with van der Waals surface area (Å²) in [5.74, 6) is 0.337. The van der Waals surface area contributed by atoms with Crippen LogP contribution in [-0.4, -0.2) is 96.7 Å². The summed E-state index contributed by atoms with van der Waals surface area (Å²) in [7, 11) is -9.92. The number of hydrogen-bond acceptors (Lipinski definition) is 15. The first-order valence-corrected chi connectivity index (χ1v) is 46.9. The molecule has 0 heterocycles. The zero-order valence-corrected chi connectivity index (χ0v) is 70.3. The molecule has 3 unspecified atom stereocenters. The minimum Gasteiger partial charge on any atom is -0.462 e. The first-order valence-electron chi connectivity index (χ1n) is 43.9. The maximum absolute atomic E-state index is 13.1. The van der Waals surface area contributed by atoms with Gasteiger partial charge in [-0.2, -0.15) is 0 Å². The highest BCUT2D eigenvalue weighted by Crippen LogP contribution is 2.45. The highest BCUT2D eigenvalue weighted by Gasteiger charge is 2.30. The van der Waals surface area contributed by atoms with Crippen LogP contribution in [0.25, 0.3) is 0 Å². The molecule has 0 aromatic rings. The van der Waals surface area contributed by atoms with Crippen molar-refractivity contribution in [3.05, 3.63) is 0 Å². The van der Waals surface area contributed by atoms with Crippen molar-refractivity contribution < 1.29 is 80.2 Å². The average molecular weight is 1520 g/mol. The molecule has 0 aromatic carbocycles. The lowest BCUT2D eigenvalue weighted by molar-refractivity contribution is -0.161. The van der Waals surface area contributed by atoms with Crippen molar-refractivity contribution >= 4 is 39.5 Å². The van der Waals surface area contributed by atoms with Crippen LogP contribution in [0.2, 0.25) is 0 Å². The Morgan fingerprint density at radius 2 is 0.490 bits per heavy atom. The maximum atomic E-state index is 13.1. The van der Waals surface area contributed by atoms with Gasteiger partial charge in [0.2, 0.25) is 0 Å². The average Bonchev–Trinajstić information content (AvgIpc) is 0.912. The third-order valence-electron chi connectivity index (χ3n) is 20.2. The SMILES string of the molecule is CCCCCCCCCCC(=O)OC[C@H](COP(=O)(O)OC[C@H](O)COP(=O)(O)OC[C@@H](COC(=O)CCCCCCCCCCCCCCCCCCCCC(C)C)OC(=O)CCCCCCCCCCCCCCCCCCCCC(C)C)OC(=O)CCCCCCCCCCCCC(C)CC. The zero-order valence-electron chi connectivity index (χ0n) is 68.5. The molecule has 3 N–H and O–H groups in total. The standard InChI is InChI=1S/C85H166O17P2/c1-8-10-11-12-13-45-52-59-66-82(87)95-72-80(101-85(90)69-62-55-48-41-35-34-38-44-51-58-65-78(7)9-2)74-99-103(91,92)97-70-79(86)71-98-104(93,94)100-75-81(102-84(89)68-61-54-47-40-33-29-25-21-17-15-19-23-27-31-37-43-50-57-64-77(5)6)73-96-83(88)67-60-53-46-39-32-28-24-20-16-14-18-22-26-30-36-42-49-56-63-76(3)4/h76-81,86H,8-75H2,1-7H3,(H,91,92)(H,93,94)/t78?,79-,80+,81+/m0/s1. The molecule has 0 aliphatic rings. The second kappa shape index (κ2) is 75.1. The number of carbonyl (C=O) groups is 4. The molecule has 0 fully saturated rings. The van der Waals surface area contributed by atoms with Crippen LogP contribution in [0.3, 0.4) is 0 Å². The third-order valence-corrected chi connectivity index (χ3v) is 22.1. The number of carbonyl (C=O) groups excluding carboxylic acids is 4. The van der Waals surface area contributed by atoms with Crippen LogP contribution in [0.4, 0.5) is 0 Å². The van der Waals surface area contributed by atoms with Crippen molar-refractivity contribution in [2.24, 2.45) is 17.8 Å². The van der Waals surface area contributed by atoms with Gasteiger partial charge in [0.15, 0.2) is 12.2 Å². The Morgan fingerprint density at radius 3 is 0.731 bits per heavy atom. The summed E-state index contributed by atoms with van der Waals surface area (Å²) in [5, 5.41) is 10.7. The molecular weight excluding hydrogens is 1350 g/mol. The third kappa shape index (κ3) is 76.8. The molecule has 0 aliphatic carbocycles. The van der Waals surface area contributed by atoms with Crippen LogP contribution in [0.15, 0.2) is 0 Å². The lowest BCUT2D eigenvalue weighted by Crippen LogP contribution is -2.30. The molecule has 618 valence electrons. The monoisotopic (exact) mass is 1520 g/mol. The van der Waals surface area contributed by atoms with Gasteiger partial charge in [0, 0.05) is 25.7 Å². The van der Waals surface area contributed by atoms with Gasteiger partial charge in [-0.05, 0) is 43.4 Å². The van der Waals surface area contributed by atoms with E-state index in [0.29, 0.717) is 25.7 Å². The molecule has 0 aliphatic heterocycles. The van der Waals surface area contributed by atoms with Crippen molar-refractivity contribution in [2.75, 3.05) is 39.6 Å². The van der Waals surface area contributed by atoms with Crippen molar-refractivity contribution in [2.45, 2.75) is 465 Å². The maximum Gasteiger partial charge on any atom is 0.472 e. The smallest absolute Gasteiger partial charge is 0.462 e. The van der Waals surface area contributed by atoms with Crippen molar-refractivity contribution in [1.29, 1.82) is 0 Å². The summed E-state index contributed by atoms with van der Waals surface area (Å²) >= 11 is 0. The van der Waals surface area contributed by atoms with E-state index >= 15 is 0 Å². The quantitative estimate of drug-likeness (QED) is 0.0222. The summed E-state index contributed by atoms with van der Waals surface area (Å²) in [6, 6.07) is 0. The molecule has 0 saturated heterocycles. The van der Waals surface area contributed by atoms with E-state index in [1.807, 2.05) is 0 Å². The fraction of sp³-hybridized carbons (Fsp3) is 0.953. The van der Waals surface area contributed by atoms with Gasteiger partial charge in [0.1, 0.15) is 19.3 Å². The van der Waals surface area contributed by atoms with Gasteiger partial charge in [-0.1, -0.05) is 395 Å². The molecule has 0 bridgehead atoms. The molecule has 0 aromatic heterocycles. The number of aliphatic hydroxyl groups excluding tert-OH is 1. The number of hydrogen-bond donors (Lipinski definition) is 3. The predicted octanol–water partition coefficient (Wildman–Crippen LogP) is 25.7. The highest BCUT2D eigenvalue weighted by atomic mass is 31.2. The van der Waals surface area contributed by atoms with E-state index < -0.39 is 97.5 Å². The Morgan fingerprint density at radius 1 is 0.279 bits per heavy atom. The van der Waals surface area contributed by atoms with Gasteiger partial charge in [0.25, 0.3) is 0 Å². The van der Waals surface area contributed by atoms with Crippen molar-refractivity contribution in [3.63, 3.8) is 0 Å². The Balaban J connectivity index is 5.18. The lowest BCUT2D eigenvalue weighted by atomic mass is 9.99. The van der Waals surface area contributed by atoms with Gasteiger partial charge < -0.3 is 33.8 Å². The summed E-state index contributed by atoms with van der Waals surface area (Å²) in [4.78, 5) is 73.1. The predicted molar refractivity (Wildman–Crippen MR) is 428 cm³/mol. The first-order chi connectivity index (χ1) is 50.3. The fourth-order valence-corrected chi connectivity index (χ4v) is 14.7. The molecule has 0 rings (SSSR count). The Bertz CT molecular complexity index is 2010. The number of unbranched alkanes of at least 4 members (excludes halogenated alkanes) is 50. The topological polar surface area (TPSA) is 237 Å². The number of rotatable bonds is 83. The number of ether oxygens (including phenoxy) is 4. The molecule has 6 atom stereocenters. The normalized spacial score (nSPS) is 14.2. The van der Waals surface area contributed by atoms with E-state index in [9.17, 15) is 43.2 Å². The number of phosphoric acid groups is 2. The van der Waals surface area contributed by atoms with Crippen LogP contribution in [0, 0.1) is 17.8 Å². The second-order valence-electron chi connectivity index (χ2n) is 31.8. The number of esters is 4. The number of aliphatic hydroxyl groups is 1. The molecule has 0 radical (unpaired) electrons. The first kappa shape index (κ1) is 102. The van der Waals surface area contributed by atoms with Gasteiger partial charge in [-0.15, -0.1) is 0 Å². The van der Waals surface area contributed by atoms with Gasteiger partial charge in [0.05, 0.1) is 26.4 Å². The molecule has 19 heteroatoms. The van der Waals surface area contributed by atoms with E-state index in [2.05, 4.69) is 48.5 Å². The lowest BCUT2D eigenvalue weighted by Gasteiger charge is -2.21. The Kier molecular flexibility index (Phi) is 73.7. The van der Waals surface area contributed by atoms with E-state index in [1.165, 1.54) is 250 Å². The second-order valence-corrected chi connectivity index (χ2v) is 34.7. The molecular formula is C85H166O17P2. The van der Waals surface area contributed by atoms with Crippen LogP contribution in [0.5, 0.6) is 0 Å². The van der Waals surface area contributed by atoms with Gasteiger partial charge in [-0.25, -0.2) is 9.13 Å². The van der Waals surface area contributed by atoms with Crippen molar-refractivity contribution in [3.8, 4) is 0 Å². The highest BCUT2D eigenvalue weighted by molar-refractivity contribution is 7.47. The minimum atomic E-state index is -4.96. The van der Waals surface area contributed by atoms with E-state index in [1.54, 1.807) is 0 Å². The molecule has 0 spiro atoms. The van der Waals surface area contributed by atoms with Crippen LogP contribution in [0.1, 0.15) is 447 Å². The summed E-state index contributed by atoms with van der Waals surface area (Å²) in [5.41, 5.74) is 0. The Labute approximate surface area is 638 Å². The molecule has 17 nitrogen and oxygen atoms in total. The summed E-state index contributed by atoms with van der Waals surface area (Å²) in [6.45, 7) is 12.0. The molecule has 0 amide bonds. The molecule has 0 saturated carbocycles. The fourth-order valence-electron chi connectivity index (χ4n) is 13.2. The van der Waals surface area contributed by atoms with E-state index in [0.717, 1.165) is 114 Å². The largest absolute Gasteiger partial charge is 0.472 e. The Hall–Kier alpha value is -1.94. The van der Waals surface area contributed by atoms with Crippen LogP contribution >= 0.6 is 15.6 Å². The summed E-state index contributed by atoms with van der Waals surface area (Å²) < 4.78 is 68.8. The van der Waals surface area contributed by atoms with Gasteiger partial charge in [-0.3, -0.25) is 37.3 Å². The summed E-state index contributed by atoms with van der Waals surface area (Å²) in [6.07, 6.45) is 65.4. The van der Waals surface area contributed by atoms with E-state index in [-0.39, 0.29) is 25.7 Å².